The maximum absolute atomic E-state index is 12.8. The number of fused-ring (bicyclic) bond motifs is 1. The van der Waals surface area contributed by atoms with E-state index in [2.05, 4.69) is 36.2 Å². The van der Waals surface area contributed by atoms with Gasteiger partial charge in [-0.1, -0.05) is 31.2 Å². The fourth-order valence-corrected chi connectivity index (χ4v) is 4.32. The number of rotatable bonds is 5. The van der Waals surface area contributed by atoms with Gasteiger partial charge in [-0.05, 0) is 55.2 Å². The van der Waals surface area contributed by atoms with Crippen molar-refractivity contribution in [2.75, 3.05) is 13.2 Å². The van der Waals surface area contributed by atoms with Gasteiger partial charge in [0.1, 0.15) is 12.3 Å². The molecular formula is C23H27NO4. The summed E-state index contributed by atoms with van der Waals surface area (Å²) in [6.07, 6.45) is 4.12. The Morgan fingerprint density at radius 1 is 1.25 bits per heavy atom. The lowest BCUT2D eigenvalue weighted by Gasteiger charge is -2.22. The van der Waals surface area contributed by atoms with E-state index >= 15 is 0 Å². The molecule has 2 unspecified atom stereocenters. The molecule has 0 saturated carbocycles. The smallest absolute Gasteiger partial charge is 0.355 e. The van der Waals surface area contributed by atoms with Crippen molar-refractivity contribution in [2.24, 2.45) is 0 Å². The fourth-order valence-electron chi connectivity index (χ4n) is 4.32. The van der Waals surface area contributed by atoms with Crippen molar-refractivity contribution in [2.45, 2.75) is 58.0 Å². The lowest BCUT2D eigenvalue weighted by atomic mass is 9.81. The number of hydrogen-bond donors (Lipinski definition) is 1. The van der Waals surface area contributed by atoms with Crippen LogP contribution >= 0.6 is 0 Å². The molecule has 2 heterocycles. The zero-order valence-electron chi connectivity index (χ0n) is 16.5. The van der Waals surface area contributed by atoms with Crippen molar-refractivity contribution >= 4 is 11.8 Å². The SMILES string of the molecule is CCc1ccc(C2CC(=O)c3c([nH]c(C(=O)OCC4CCCO4)c3C)C2)cc1. The van der Waals surface area contributed by atoms with E-state index < -0.39 is 5.97 Å². The highest BCUT2D eigenvalue weighted by Crippen LogP contribution is 2.35. The molecule has 1 N–H and O–H groups in total. The maximum Gasteiger partial charge on any atom is 0.355 e. The van der Waals surface area contributed by atoms with Crippen LogP contribution in [0.1, 0.15) is 75.3 Å². The summed E-state index contributed by atoms with van der Waals surface area (Å²) in [6, 6.07) is 8.50. The minimum atomic E-state index is -0.404. The zero-order valence-corrected chi connectivity index (χ0v) is 16.5. The lowest BCUT2D eigenvalue weighted by molar-refractivity contribution is 0.0156. The van der Waals surface area contributed by atoms with Crippen molar-refractivity contribution in [3.8, 4) is 0 Å². The molecule has 5 nitrogen and oxygen atoms in total. The molecule has 0 bridgehead atoms. The van der Waals surface area contributed by atoms with E-state index in [1.165, 1.54) is 11.1 Å². The summed E-state index contributed by atoms with van der Waals surface area (Å²) in [7, 11) is 0. The Balaban J connectivity index is 1.51. The summed E-state index contributed by atoms with van der Waals surface area (Å²) in [4.78, 5) is 28.6. The maximum atomic E-state index is 12.8. The number of aromatic amines is 1. The Labute approximate surface area is 165 Å². The largest absolute Gasteiger partial charge is 0.458 e. The van der Waals surface area contributed by atoms with Gasteiger partial charge in [-0.2, -0.15) is 0 Å². The van der Waals surface area contributed by atoms with Gasteiger partial charge in [0.15, 0.2) is 5.78 Å². The summed E-state index contributed by atoms with van der Waals surface area (Å²) in [5.74, 6) is -0.170. The Morgan fingerprint density at radius 3 is 2.71 bits per heavy atom. The molecule has 5 heteroatoms. The number of ether oxygens (including phenoxy) is 2. The molecule has 0 radical (unpaired) electrons. The van der Waals surface area contributed by atoms with Crippen molar-refractivity contribution in [1.29, 1.82) is 0 Å². The summed E-state index contributed by atoms with van der Waals surface area (Å²) in [6.45, 7) is 4.95. The molecule has 0 amide bonds. The van der Waals surface area contributed by atoms with Crippen LogP contribution in [-0.4, -0.2) is 36.1 Å². The van der Waals surface area contributed by atoms with Gasteiger partial charge in [-0.15, -0.1) is 0 Å². The molecule has 2 atom stereocenters. The van der Waals surface area contributed by atoms with Gasteiger partial charge in [-0.25, -0.2) is 4.79 Å². The third-order valence-corrected chi connectivity index (χ3v) is 5.98. The van der Waals surface area contributed by atoms with Crippen LogP contribution < -0.4 is 0 Å². The van der Waals surface area contributed by atoms with Crippen molar-refractivity contribution in [3.05, 3.63) is 57.9 Å². The van der Waals surface area contributed by atoms with E-state index in [0.717, 1.165) is 38.0 Å². The Hall–Kier alpha value is -2.40. The van der Waals surface area contributed by atoms with Crippen LogP contribution in [0.15, 0.2) is 24.3 Å². The van der Waals surface area contributed by atoms with E-state index in [1.54, 1.807) is 0 Å². The second-order valence-electron chi connectivity index (χ2n) is 7.84. The average Bonchev–Trinajstić information content (AvgIpc) is 3.34. The summed E-state index contributed by atoms with van der Waals surface area (Å²) < 4.78 is 10.9. The molecule has 4 rings (SSSR count). The highest BCUT2D eigenvalue weighted by atomic mass is 16.6. The molecule has 1 saturated heterocycles. The van der Waals surface area contributed by atoms with Gasteiger partial charge in [0.05, 0.1) is 6.10 Å². The number of aryl methyl sites for hydroxylation is 1. The number of esters is 1. The standard InChI is InChI=1S/C23H27NO4/c1-3-15-6-8-16(9-7-15)17-11-19-21(20(25)12-17)14(2)22(24-19)23(26)28-13-18-5-4-10-27-18/h6-9,17-18,24H,3-5,10-13H2,1-2H3. The van der Waals surface area contributed by atoms with Crippen LogP contribution in [0.2, 0.25) is 0 Å². The molecule has 148 valence electrons. The monoisotopic (exact) mass is 381 g/mol. The number of nitrogens with one attached hydrogen (secondary N) is 1. The molecule has 0 spiro atoms. The average molecular weight is 381 g/mol. The number of Topliss-reactive ketones (excluding diaryl/α,β-unsaturated/α-hetero) is 1. The molecular weight excluding hydrogens is 354 g/mol. The third kappa shape index (κ3) is 3.63. The van der Waals surface area contributed by atoms with Gasteiger partial charge in [0.2, 0.25) is 0 Å². The predicted molar refractivity (Wildman–Crippen MR) is 106 cm³/mol. The highest BCUT2D eigenvalue weighted by molar-refractivity contribution is 6.03. The first-order valence-electron chi connectivity index (χ1n) is 10.2. The van der Waals surface area contributed by atoms with Crippen LogP contribution in [0.4, 0.5) is 0 Å². The number of aromatic nitrogens is 1. The van der Waals surface area contributed by atoms with Crippen molar-refractivity contribution in [3.63, 3.8) is 0 Å². The van der Waals surface area contributed by atoms with Gasteiger partial charge in [0, 0.05) is 24.3 Å². The molecule has 1 aromatic carbocycles. The minimum absolute atomic E-state index is 0.00838. The van der Waals surface area contributed by atoms with E-state index in [9.17, 15) is 9.59 Å². The van der Waals surface area contributed by atoms with E-state index in [1.807, 2.05) is 6.92 Å². The van der Waals surface area contributed by atoms with Crippen LogP contribution in [-0.2, 0) is 22.3 Å². The zero-order chi connectivity index (χ0) is 19.7. The van der Waals surface area contributed by atoms with Gasteiger partial charge in [-0.3, -0.25) is 4.79 Å². The Bertz CT molecular complexity index is 875. The molecule has 1 aliphatic carbocycles. The number of H-pyrrole nitrogens is 1. The number of benzene rings is 1. The van der Waals surface area contributed by atoms with Gasteiger partial charge in [0.25, 0.3) is 0 Å². The number of carbonyl (C=O) groups excluding carboxylic acids is 2. The van der Waals surface area contributed by atoms with Crippen LogP contribution in [0, 0.1) is 6.92 Å². The van der Waals surface area contributed by atoms with E-state index in [0.29, 0.717) is 23.2 Å². The molecule has 2 aromatic rings. The molecule has 1 aliphatic heterocycles. The van der Waals surface area contributed by atoms with Crippen LogP contribution in [0.3, 0.4) is 0 Å². The topological polar surface area (TPSA) is 68.4 Å². The van der Waals surface area contributed by atoms with Crippen molar-refractivity contribution in [1.82, 2.24) is 4.98 Å². The normalized spacial score (nSPS) is 21.6. The number of carbonyl (C=O) groups is 2. The first-order valence-corrected chi connectivity index (χ1v) is 10.2. The third-order valence-electron chi connectivity index (χ3n) is 5.98. The summed E-state index contributed by atoms with van der Waals surface area (Å²) in [5, 5.41) is 0. The first kappa shape index (κ1) is 18.9. The van der Waals surface area contributed by atoms with Crippen LogP contribution in [0.5, 0.6) is 0 Å². The van der Waals surface area contributed by atoms with Gasteiger partial charge >= 0.3 is 5.97 Å². The highest BCUT2D eigenvalue weighted by Gasteiger charge is 2.32. The van der Waals surface area contributed by atoms with Crippen molar-refractivity contribution < 1.29 is 19.1 Å². The second kappa shape index (κ2) is 7.92. The summed E-state index contributed by atoms with van der Waals surface area (Å²) >= 11 is 0. The molecule has 1 aromatic heterocycles. The van der Waals surface area contributed by atoms with Crippen LogP contribution in [0.25, 0.3) is 0 Å². The Kier molecular flexibility index (Phi) is 5.36. The Morgan fingerprint density at radius 2 is 2.04 bits per heavy atom. The van der Waals surface area contributed by atoms with E-state index in [-0.39, 0.29) is 24.4 Å². The quantitative estimate of drug-likeness (QED) is 0.791. The van der Waals surface area contributed by atoms with Gasteiger partial charge < -0.3 is 14.5 Å². The number of ketones is 1. The fraction of sp³-hybridized carbons (Fsp3) is 0.478. The molecule has 1 fully saturated rings. The lowest BCUT2D eigenvalue weighted by Crippen LogP contribution is -2.18. The minimum Gasteiger partial charge on any atom is -0.458 e. The first-order chi connectivity index (χ1) is 13.6. The van der Waals surface area contributed by atoms with E-state index in [4.69, 9.17) is 9.47 Å². The summed E-state index contributed by atoms with van der Waals surface area (Å²) in [5.41, 5.74) is 5.09. The predicted octanol–water partition coefficient (Wildman–Crippen LogP) is 4.13. The second-order valence-corrected chi connectivity index (χ2v) is 7.84. The number of hydrogen-bond acceptors (Lipinski definition) is 4. The molecule has 2 aliphatic rings. The molecule has 28 heavy (non-hydrogen) atoms.